The summed E-state index contributed by atoms with van der Waals surface area (Å²) in [5, 5.41) is 13.9. The van der Waals surface area contributed by atoms with Crippen LogP contribution in [0.5, 0.6) is 0 Å². The van der Waals surface area contributed by atoms with Gasteiger partial charge in [-0.15, -0.1) is 23.2 Å². The third kappa shape index (κ3) is 6.80. The highest BCUT2D eigenvalue weighted by molar-refractivity contribution is 6.31. The molecule has 25 heavy (non-hydrogen) atoms. The summed E-state index contributed by atoms with van der Waals surface area (Å²) in [4.78, 5) is 23.5. The summed E-state index contributed by atoms with van der Waals surface area (Å²) in [6.07, 6.45) is 13.1. The van der Waals surface area contributed by atoms with Crippen LogP contribution in [0.2, 0.25) is 0 Å². The lowest BCUT2D eigenvalue weighted by molar-refractivity contribution is -0.118. The second kappa shape index (κ2) is 9.49. The Morgan fingerprint density at radius 2 is 1.92 bits per heavy atom. The molecule has 3 N–H and O–H groups in total. The number of hydrogen-bond acceptors (Lipinski definition) is 3. The molecule has 0 aliphatic heterocycles. The molecule has 0 saturated heterocycles. The van der Waals surface area contributed by atoms with E-state index in [1.54, 1.807) is 24.3 Å². The van der Waals surface area contributed by atoms with Gasteiger partial charge in [-0.2, -0.15) is 0 Å². The summed E-state index contributed by atoms with van der Waals surface area (Å²) in [5.41, 5.74) is 1.72. The SMILES string of the molecule is O=C(/C=C\C(=O)NC1=CC(Cl)C(Cl)C=C1)NCCC1=CC=C(O)CC1. The quantitative estimate of drug-likeness (QED) is 0.488. The van der Waals surface area contributed by atoms with Crippen molar-refractivity contribution in [3.05, 3.63) is 59.6 Å². The average Bonchev–Trinajstić information content (AvgIpc) is 2.58. The smallest absolute Gasteiger partial charge is 0.248 e. The second-order valence-corrected chi connectivity index (χ2v) is 6.72. The molecule has 2 amide bonds. The minimum Gasteiger partial charge on any atom is -0.512 e. The molecular formula is C18H20Cl2N2O3. The zero-order chi connectivity index (χ0) is 18.2. The first-order valence-electron chi connectivity index (χ1n) is 7.96. The molecule has 0 heterocycles. The van der Waals surface area contributed by atoms with Crippen LogP contribution in [0.15, 0.2) is 59.6 Å². The van der Waals surface area contributed by atoms with Crippen LogP contribution in [0.25, 0.3) is 0 Å². The predicted molar refractivity (Wildman–Crippen MR) is 99.4 cm³/mol. The van der Waals surface area contributed by atoms with Gasteiger partial charge in [0.1, 0.15) is 0 Å². The number of halogens is 2. The minimum absolute atomic E-state index is 0.303. The number of amides is 2. The number of carbonyl (C=O) groups excluding carboxylic acids is 2. The van der Waals surface area contributed by atoms with Gasteiger partial charge in [0.2, 0.25) is 11.8 Å². The van der Waals surface area contributed by atoms with Crippen LogP contribution in [0.1, 0.15) is 19.3 Å². The van der Waals surface area contributed by atoms with Gasteiger partial charge in [-0.05, 0) is 31.1 Å². The normalized spacial score (nSPS) is 22.9. The molecule has 0 fully saturated rings. The first-order chi connectivity index (χ1) is 11.9. The lowest BCUT2D eigenvalue weighted by Gasteiger charge is -2.15. The number of allylic oxidation sites excluding steroid dienone is 6. The summed E-state index contributed by atoms with van der Waals surface area (Å²) >= 11 is 11.9. The number of rotatable bonds is 6. The van der Waals surface area contributed by atoms with E-state index in [0.29, 0.717) is 30.8 Å². The molecule has 2 atom stereocenters. The van der Waals surface area contributed by atoms with Gasteiger partial charge in [0.25, 0.3) is 0 Å². The maximum Gasteiger partial charge on any atom is 0.248 e. The van der Waals surface area contributed by atoms with Crippen molar-refractivity contribution in [2.24, 2.45) is 0 Å². The van der Waals surface area contributed by atoms with Crippen LogP contribution in [0.4, 0.5) is 0 Å². The molecular weight excluding hydrogens is 363 g/mol. The van der Waals surface area contributed by atoms with Gasteiger partial charge < -0.3 is 15.7 Å². The van der Waals surface area contributed by atoms with Crippen LogP contribution in [-0.4, -0.2) is 34.2 Å². The largest absolute Gasteiger partial charge is 0.512 e. The van der Waals surface area contributed by atoms with E-state index < -0.39 is 5.91 Å². The number of nitrogens with one attached hydrogen (secondary N) is 2. The predicted octanol–water partition coefficient (Wildman–Crippen LogP) is 3.00. The highest BCUT2D eigenvalue weighted by Crippen LogP contribution is 2.19. The van der Waals surface area contributed by atoms with Crippen LogP contribution in [-0.2, 0) is 9.59 Å². The first kappa shape index (κ1) is 19.3. The van der Waals surface area contributed by atoms with E-state index in [9.17, 15) is 14.7 Å². The molecule has 2 rings (SSSR count). The van der Waals surface area contributed by atoms with Crippen LogP contribution >= 0.6 is 23.2 Å². The number of alkyl halides is 2. The lowest BCUT2D eigenvalue weighted by Crippen LogP contribution is -2.26. The monoisotopic (exact) mass is 382 g/mol. The maximum absolute atomic E-state index is 11.8. The summed E-state index contributed by atoms with van der Waals surface area (Å²) < 4.78 is 0. The van der Waals surface area contributed by atoms with E-state index >= 15 is 0 Å². The molecule has 7 heteroatoms. The van der Waals surface area contributed by atoms with Crippen LogP contribution < -0.4 is 10.6 Å². The van der Waals surface area contributed by atoms with Crippen molar-refractivity contribution in [2.45, 2.75) is 30.0 Å². The Labute approximate surface area is 156 Å². The van der Waals surface area contributed by atoms with Gasteiger partial charge in [0.15, 0.2) is 0 Å². The van der Waals surface area contributed by atoms with Gasteiger partial charge in [0.05, 0.1) is 16.5 Å². The Morgan fingerprint density at radius 1 is 1.16 bits per heavy atom. The molecule has 2 aliphatic carbocycles. The van der Waals surface area contributed by atoms with Crippen molar-refractivity contribution in [3.8, 4) is 0 Å². The Kier molecular flexibility index (Phi) is 7.34. The van der Waals surface area contributed by atoms with Crippen molar-refractivity contribution in [3.63, 3.8) is 0 Å². The molecule has 0 spiro atoms. The molecule has 134 valence electrons. The fraction of sp³-hybridized carbons (Fsp3) is 0.333. The fourth-order valence-corrected chi connectivity index (χ4v) is 2.69. The van der Waals surface area contributed by atoms with Gasteiger partial charge >= 0.3 is 0 Å². The Balaban J connectivity index is 1.70. The van der Waals surface area contributed by atoms with Gasteiger partial charge in [0, 0.05) is 30.8 Å². The fourth-order valence-electron chi connectivity index (χ4n) is 2.32. The minimum atomic E-state index is -0.418. The number of hydrogen-bond donors (Lipinski definition) is 3. The third-order valence-corrected chi connectivity index (χ3v) is 4.66. The van der Waals surface area contributed by atoms with Crippen molar-refractivity contribution in [1.29, 1.82) is 0 Å². The lowest BCUT2D eigenvalue weighted by atomic mass is 10.0. The van der Waals surface area contributed by atoms with E-state index in [0.717, 1.165) is 6.42 Å². The molecule has 0 aromatic heterocycles. The van der Waals surface area contributed by atoms with Crippen molar-refractivity contribution in [1.82, 2.24) is 10.6 Å². The van der Waals surface area contributed by atoms with Crippen molar-refractivity contribution >= 4 is 35.0 Å². The van der Waals surface area contributed by atoms with Crippen LogP contribution in [0.3, 0.4) is 0 Å². The first-order valence-corrected chi connectivity index (χ1v) is 8.84. The molecule has 0 bridgehead atoms. The van der Waals surface area contributed by atoms with Gasteiger partial charge in [-0.1, -0.05) is 17.7 Å². The average molecular weight is 383 g/mol. The molecule has 0 radical (unpaired) electrons. The van der Waals surface area contributed by atoms with E-state index in [4.69, 9.17) is 23.2 Å². The maximum atomic E-state index is 11.8. The molecule has 0 aromatic carbocycles. The highest BCUT2D eigenvalue weighted by Gasteiger charge is 2.16. The summed E-state index contributed by atoms with van der Waals surface area (Å²) in [6, 6.07) is 0. The van der Waals surface area contributed by atoms with Gasteiger partial charge in [-0.25, -0.2) is 0 Å². The third-order valence-electron chi connectivity index (χ3n) is 3.72. The van der Waals surface area contributed by atoms with Crippen molar-refractivity contribution < 1.29 is 14.7 Å². The number of carbonyl (C=O) groups is 2. The molecule has 2 unspecified atom stereocenters. The molecule has 0 saturated carbocycles. The van der Waals surface area contributed by atoms with Crippen LogP contribution in [0, 0.1) is 0 Å². The second-order valence-electron chi connectivity index (χ2n) is 5.72. The number of aliphatic hydroxyl groups is 1. The Hall–Kier alpha value is -1.98. The zero-order valence-corrected chi connectivity index (χ0v) is 15.1. The zero-order valence-electron chi connectivity index (χ0n) is 13.5. The van der Waals surface area contributed by atoms with E-state index in [1.807, 2.05) is 6.08 Å². The van der Waals surface area contributed by atoms with E-state index in [-0.39, 0.29) is 16.7 Å². The molecule has 5 nitrogen and oxygen atoms in total. The molecule has 0 aromatic rings. The van der Waals surface area contributed by atoms with Gasteiger partial charge in [-0.3, -0.25) is 9.59 Å². The van der Waals surface area contributed by atoms with E-state index in [2.05, 4.69) is 10.6 Å². The van der Waals surface area contributed by atoms with E-state index in [1.165, 1.54) is 17.7 Å². The molecule has 2 aliphatic rings. The summed E-state index contributed by atoms with van der Waals surface area (Å²) in [6.45, 7) is 0.476. The van der Waals surface area contributed by atoms with Crippen molar-refractivity contribution in [2.75, 3.05) is 6.54 Å². The Morgan fingerprint density at radius 3 is 2.60 bits per heavy atom. The topological polar surface area (TPSA) is 78.4 Å². The standard InChI is InChI=1S/C18H20Cl2N2O3/c19-15-6-3-13(11-16(15)20)22-18(25)8-7-17(24)21-10-9-12-1-4-14(23)5-2-12/h1,3-4,6-8,11,15-16,23H,2,5,9-10H2,(H,21,24)(H,22,25)/b8-7-. The number of aliphatic hydroxyl groups excluding tert-OH is 1. The Bertz CT molecular complexity index is 678. The summed E-state index contributed by atoms with van der Waals surface area (Å²) in [7, 11) is 0. The highest BCUT2D eigenvalue weighted by atomic mass is 35.5. The summed E-state index contributed by atoms with van der Waals surface area (Å²) in [5.74, 6) is -0.376.